The number of ether oxygens (including phenoxy) is 1. The Morgan fingerprint density at radius 2 is 2.00 bits per heavy atom. The van der Waals surface area contributed by atoms with Crippen molar-refractivity contribution in [1.82, 2.24) is 4.90 Å². The highest BCUT2D eigenvalue weighted by Gasteiger charge is 2.37. The fourth-order valence-corrected chi connectivity index (χ4v) is 2.69. The first-order valence-electron chi connectivity index (χ1n) is 6.17. The predicted molar refractivity (Wildman–Crippen MR) is 58.6 cm³/mol. The lowest BCUT2D eigenvalue weighted by molar-refractivity contribution is -0.142. The molecule has 0 aromatic rings. The van der Waals surface area contributed by atoms with Gasteiger partial charge >= 0.3 is 0 Å². The number of carbonyl (C=O) groups excluding carboxylic acids is 1. The second-order valence-electron chi connectivity index (χ2n) is 4.72. The molecule has 0 aromatic carbocycles. The van der Waals surface area contributed by atoms with Gasteiger partial charge in [0.05, 0.1) is 5.60 Å². The molecule has 0 saturated carbocycles. The minimum atomic E-state index is 0.128. The first-order chi connectivity index (χ1) is 7.26. The van der Waals surface area contributed by atoms with Crippen LogP contribution < -0.4 is 0 Å². The molecule has 86 valence electrons. The molecule has 2 aliphatic heterocycles. The summed E-state index contributed by atoms with van der Waals surface area (Å²) < 4.78 is 5.93. The molecule has 1 amide bonds. The van der Waals surface area contributed by atoms with E-state index in [0.717, 1.165) is 32.5 Å². The Morgan fingerprint density at radius 1 is 1.27 bits per heavy atom. The topological polar surface area (TPSA) is 29.5 Å². The molecule has 0 unspecified atom stereocenters. The Bertz CT molecular complexity index is 224. The summed E-state index contributed by atoms with van der Waals surface area (Å²) in [5.41, 5.74) is 0.128. The first-order valence-corrected chi connectivity index (χ1v) is 6.17. The Labute approximate surface area is 91.8 Å². The molecule has 2 fully saturated rings. The monoisotopic (exact) mass is 211 g/mol. The number of carbonyl (C=O) groups is 1. The number of likely N-dealkylation sites (tertiary alicyclic amines) is 1. The standard InChI is InChI=1S/C12H21NO2/c1-2-11(14)13-8-6-12(7-9-13)5-3-4-10-15-12/h2-10H2,1H3. The van der Waals surface area contributed by atoms with E-state index >= 15 is 0 Å². The van der Waals surface area contributed by atoms with E-state index in [9.17, 15) is 4.79 Å². The minimum absolute atomic E-state index is 0.128. The normalized spacial score (nSPS) is 25.5. The fourth-order valence-electron chi connectivity index (χ4n) is 2.69. The molecule has 3 heteroatoms. The van der Waals surface area contributed by atoms with Gasteiger partial charge in [-0.25, -0.2) is 0 Å². The maximum atomic E-state index is 11.5. The highest BCUT2D eigenvalue weighted by Crippen LogP contribution is 2.34. The van der Waals surface area contributed by atoms with E-state index < -0.39 is 0 Å². The zero-order valence-corrected chi connectivity index (χ0v) is 9.63. The van der Waals surface area contributed by atoms with Gasteiger partial charge in [0.2, 0.25) is 5.91 Å². The molecule has 2 heterocycles. The molecule has 0 N–H and O–H groups in total. The molecule has 3 nitrogen and oxygen atoms in total. The van der Waals surface area contributed by atoms with Gasteiger partial charge in [0.25, 0.3) is 0 Å². The van der Waals surface area contributed by atoms with Crippen LogP contribution in [-0.4, -0.2) is 36.1 Å². The van der Waals surface area contributed by atoms with Crippen molar-refractivity contribution < 1.29 is 9.53 Å². The van der Waals surface area contributed by atoms with Crippen LogP contribution >= 0.6 is 0 Å². The SMILES string of the molecule is CCC(=O)N1CCC2(CCCCO2)CC1. The summed E-state index contributed by atoms with van der Waals surface area (Å²) in [6.07, 6.45) is 6.41. The minimum Gasteiger partial charge on any atom is -0.375 e. The summed E-state index contributed by atoms with van der Waals surface area (Å²) in [6.45, 7) is 4.64. The van der Waals surface area contributed by atoms with Gasteiger partial charge in [0.1, 0.15) is 0 Å². The van der Waals surface area contributed by atoms with Crippen molar-refractivity contribution in [2.24, 2.45) is 0 Å². The molecule has 0 bridgehead atoms. The molecule has 0 aromatic heterocycles. The van der Waals surface area contributed by atoms with E-state index in [2.05, 4.69) is 0 Å². The van der Waals surface area contributed by atoms with Crippen LogP contribution in [0, 0.1) is 0 Å². The highest BCUT2D eigenvalue weighted by molar-refractivity contribution is 5.75. The van der Waals surface area contributed by atoms with Crippen LogP contribution in [0.1, 0.15) is 45.4 Å². The third-order valence-corrected chi connectivity index (χ3v) is 3.76. The Morgan fingerprint density at radius 3 is 2.53 bits per heavy atom. The zero-order chi connectivity index (χ0) is 10.7. The molecular formula is C12H21NO2. The molecule has 2 saturated heterocycles. The summed E-state index contributed by atoms with van der Waals surface area (Å²) >= 11 is 0. The van der Waals surface area contributed by atoms with Crippen molar-refractivity contribution in [1.29, 1.82) is 0 Å². The van der Waals surface area contributed by atoms with Crippen molar-refractivity contribution >= 4 is 5.91 Å². The quantitative estimate of drug-likeness (QED) is 0.663. The highest BCUT2D eigenvalue weighted by atomic mass is 16.5. The second kappa shape index (κ2) is 4.52. The van der Waals surface area contributed by atoms with Crippen molar-refractivity contribution in [3.63, 3.8) is 0 Å². The predicted octanol–water partition coefficient (Wildman–Crippen LogP) is 1.96. The summed E-state index contributed by atoms with van der Waals surface area (Å²) in [5.74, 6) is 0.292. The number of hydrogen-bond acceptors (Lipinski definition) is 2. The Kier molecular flexibility index (Phi) is 3.29. The van der Waals surface area contributed by atoms with Gasteiger partial charge < -0.3 is 9.64 Å². The Balaban J connectivity index is 1.88. The van der Waals surface area contributed by atoms with Crippen molar-refractivity contribution in [3.8, 4) is 0 Å². The molecule has 2 rings (SSSR count). The average Bonchev–Trinajstić information content (AvgIpc) is 2.30. The summed E-state index contributed by atoms with van der Waals surface area (Å²) in [7, 11) is 0. The van der Waals surface area contributed by atoms with E-state index in [1.165, 1.54) is 19.3 Å². The van der Waals surface area contributed by atoms with Crippen LogP contribution in [0.5, 0.6) is 0 Å². The number of hydrogen-bond donors (Lipinski definition) is 0. The summed E-state index contributed by atoms with van der Waals surface area (Å²) in [4.78, 5) is 13.5. The average molecular weight is 211 g/mol. The fraction of sp³-hybridized carbons (Fsp3) is 0.917. The Hall–Kier alpha value is -0.570. The number of nitrogens with zero attached hydrogens (tertiary/aromatic N) is 1. The lowest BCUT2D eigenvalue weighted by Crippen LogP contribution is -2.49. The second-order valence-corrected chi connectivity index (χ2v) is 4.72. The lowest BCUT2D eigenvalue weighted by atomic mass is 9.84. The third kappa shape index (κ3) is 2.33. The van der Waals surface area contributed by atoms with E-state index in [1.54, 1.807) is 0 Å². The van der Waals surface area contributed by atoms with E-state index in [-0.39, 0.29) is 5.60 Å². The van der Waals surface area contributed by atoms with Gasteiger partial charge in [-0.1, -0.05) is 6.92 Å². The van der Waals surface area contributed by atoms with E-state index in [0.29, 0.717) is 12.3 Å². The number of piperidine rings is 1. The van der Waals surface area contributed by atoms with Crippen LogP contribution in [-0.2, 0) is 9.53 Å². The maximum Gasteiger partial charge on any atom is 0.222 e. The van der Waals surface area contributed by atoms with Gasteiger partial charge in [-0.2, -0.15) is 0 Å². The van der Waals surface area contributed by atoms with Gasteiger partial charge in [-0.15, -0.1) is 0 Å². The van der Waals surface area contributed by atoms with Crippen LogP contribution in [0.3, 0.4) is 0 Å². The van der Waals surface area contributed by atoms with Crippen molar-refractivity contribution in [2.45, 2.75) is 51.0 Å². The van der Waals surface area contributed by atoms with Gasteiger partial charge in [0.15, 0.2) is 0 Å². The molecule has 0 radical (unpaired) electrons. The molecule has 15 heavy (non-hydrogen) atoms. The van der Waals surface area contributed by atoms with Gasteiger partial charge in [0, 0.05) is 26.1 Å². The molecular weight excluding hydrogens is 190 g/mol. The van der Waals surface area contributed by atoms with Crippen molar-refractivity contribution in [3.05, 3.63) is 0 Å². The van der Waals surface area contributed by atoms with E-state index in [1.807, 2.05) is 11.8 Å². The molecule has 0 atom stereocenters. The van der Waals surface area contributed by atoms with Gasteiger partial charge in [-0.3, -0.25) is 4.79 Å². The largest absolute Gasteiger partial charge is 0.375 e. The van der Waals surface area contributed by atoms with Crippen LogP contribution in [0.25, 0.3) is 0 Å². The van der Waals surface area contributed by atoms with Gasteiger partial charge in [-0.05, 0) is 32.1 Å². The summed E-state index contributed by atoms with van der Waals surface area (Å²) in [5, 5.41) is 0. The van der Waals surface area contributed by atoms with Crippen LogP contribution in [0.4, 0.5) is 0 Å². The van der Waals surface area contributed by atoms with Crippen LogP contribution in [0.2, 0.25) is 0 Å². The number of amides is 1. The summed E-state index contributed by atoms with van der Waals surface area (Å²) in [6, 6.07) is 0. The zero-order valence-electron chi connectivity index (χ0n) is 9.63. The lowest BCUT2D eigenvalue weighted by Gasteiger charge is -2.43. The maximum absolute atomic E-state index is 11.5. The smallest absolute Gasteiger partial charge is 0.222 e. The molecule has 1 spiro atoms. The van der Waals surface area contributed by atoms with Crippen LogP contribution in [0.15, 0.2) is 0 Å². The number of rotatable bonds is 1. The first kappa shape index (κ1) is 10.9. The van der Waals surface area contributed by atoms with Crippen molar-refractivity contribution in [2.75, 3.05) is 19.7 Å². The van der Waals surface area contributed by atoms with E-state index in [4.69, 9.17) is 4.74 Å². The molecule has 0 aliphatic carbocycles. The third-order valence-electron chi connectivity index (χ3n) is 3.76. The molecule has 2 aliphatic rings.